The van der Waals surface area contributed by atoms with Gasteiger partial charge in [-0.1, -0.05) is 44.2 Å². The maximum absolute atomic E-state index is 12.3. The second-order valence-electron chi connectivity index (χ2n) is 7.49. The number of alkyl carbamates (subject to hydrolysis) is 1. The zero-order valence-corrected chi connectivity index (χ0v) is 18.6. The Morgan fingerprint density at radius 2 is 1.61 bits per heavy atom. The van der Waals surface area contributed by atoms with Crippen LogP contribution in [0, 0.1) is 5.92 Å². The van der Waals surface area contributed by atoms with Gasteiger partial charge in [-0.3, -0.25) is 9.59 Å². The molecule has 31 heavy (non-hydrogen) atoms. The smallest absolute Gasteiger partial charge is 0.412 e. The second kappa shape index (κ2) is 12.5. The predicted octanol–water partition coefficient (Wildman–Crippen LogP) is -1.47. The van der Waals surface area contributed by atoms with E-state index in [0.717, 1.165) is 5.56 Å². The molecular weight excluding hydrogens is 420 g/mol. The van der Waals surface area contributed by atoms with E-state index in [4.69, 9.17) is 10.5 Å². The molecule has 0 radical (unpaired) electrons. The first-order chi connectivity index (χ1) is 14.3. The summed E-state index contributed by atoms with van der Waals surface area (Å²) in [5.41, 5.74) is 6.82. The molecule has 0 fully saturated rings. The minimum atomic E-state index is -0.741. The van der Waals surface area contributed by atoms with Crippen LogP contribution in [-0.4, -0.2) is 30.0 Å². The van der Waals surface area contributed by atoms with Gasteiger partial charge in [-0.05, 0) is 24.8 Å². The Bertz CT molecular complexity index is 860. The number of halogens is 1. The number of rotatable bonds is 9. The first-order valence-corrected chi connectivity index (χ1v) is 9.82. The van der Waals surface area contributed by atoms with Gasteiger partial charge >= 0.3 is 6.09 Å². The second-order valence-corrected chi connectivity index (χ2v) is 7.49. The average Bonchev–Trinajstić information content (AvgIpc) is 2.70. The minimum Gasteiger partial charge on any atom is -1.00 e. The fourth-order valence-electron chi connectivity index (χ4n) is 2.88. The van der Waals surface area contributed by atoms with Crippen molar-refractivity contribution >= 4 is 17.9 Å². The summed E-state index contributed by atoms with van der Waals surface area (Å²) in [7, 11) is 0. The zero-order chi connectivity index (χ0) is 22.1. The normalized spacial score (nSPS) is 12.3. The SMILES string of the molecule is CC(C)[C@H](NC(=O)c1cc[n+](COC(=O)N[C@@H](C)Cc2ccccc2)cc1)C(N)=O.[Cl-]. The summed E-state index contributed by atoms with van der Waals surface area (Å²) in [5, 5.41) is 5.41. The van der Waals surface area contributed by atoms with E-state index in [2.05, 4.69) is 10.6 Å². The lowest BCUT2D eigenvalue weighted by atomic mass is 10.0. The largest absolute Gasteiger partial charge is 1.00 e. The van der Waals surface area contributed by atoms with Gasteiger partial charge in [-0.2, -0.15) is 4.57 Å². The summed E-state index contributed by atoms with van der Waals surface area (Å²) in [6, 6.07) is 12.2. The van der Waals surface area contributed by atoms with Gasteiger partial charge in [0.2, 0.25) is 5.91 Å². The van der Waals surface area contributed by atoms with Crippen molar-refractivity contribution in [2.45, 2.75) is 46.0 Å². The molecule has 1 aromatic carbocycles. The Morgan fingerprint density at radius 1 is 1.00 bits per heavy atom. The molecule has 1 heterocycles. The molecule has 0 saturated carbocycles. The van der Waals surface area contributed by atoms with Crippen LogP contribution in [0.5, 0.6) is 0 Å². The van der Waals surface area contributed by atoms with Crippen LogP contribution in [0.15, 0.2) is 54.9 Å². The van der Waals surface area contributed by atoms with Crippen molar-refractivity contribution in [3.05, 3.63) is 66.0 Å². The summed E-state index contributed by atoms with van der Waals surface area (Å²) < 4.78 is 6.83. The Morgan fingerprint density at radius 3 is 2.16 bits per heavy atom. The Balaban J connectivity index is 0.00000480. The van der Waals surface area contributed by atoms with E-state index in [-0.39, 0.29) is 31.1 Å². The molecule has 8 nitrogen and oxygen atoms in total. The number of benzene rings is 1. The number of primary amides is 1. The topological polar surface area (TPSA) is 114 Å². The maximum atomic E-state index is 12.3. The molecule has 0 aliphatic carbocycles. The molecule has 168 valence electrons. The highest BCUT2D eigenvalue weighted by Crippen LogP contribution is 2.04. The fraction of sp³-hybridized carbons (Fsp3) is 0.364. The van der Waals surface area contributed by atoms with E-state index in [1.807, 2.05) is 37.3 Å². The van der Waals surface area contributed by atoms with Gasteiger partial charge < -0.3 is 33.5 Å². The Hall–Kier alpha value is -3.13. The van der Waals surface area contributed by atoms with E-state index in [9.17, 15) is 14.4 Å². The lowest BCUT2D eigenvalue weighted by molar-refractivity contribution is -0.727. The number of amides is 3. The van der Waals surface area contributed by atoms with E-state index in [0.29, 0.717) is 12.0 Å². The number of carbonyl (C=O) groups excluding carboxylic acids is 3. The molecule has 9 heteroatoms. The van der Waals surface area contributed by atoms with Crippen molar-refractivity contribution in [3.63, 3.8) is 0 Å². The zero-order valence-electron chi connectivity index (χ0n) is 17.9. The Kier molecular flexibility index (Phi) is 10.5. The van der Waals surface area contributed by atoms with E-state index >= 15 is 0 Å². The monoisotopic (exact) mass is 448 g/mol. The molecule has 0 bridgehead atoms. The summed E-state index contributed by atoms with van der Waals surface area (Å²) in [6.07, 6.45) is 3.42. The van der Waals surface area contributed by atoms with Gasteiger partial charge in [0.15, 0.2) is 12.4 Å². The van der Waals surface area contributed by atoms with Crippen molar-refractivity contribution in [1.29, 1.82) is 0 Å². The third-order valence-corrected chi connectivity index (χ3v) is 4.51. The molecular formula is C22H29ClN4O4. The number of hydrogen-bond acceptors (Lipinski definition) is 4. The number of hydrogen-bond donors (Lipinski definition) is 3. The third-order valence-electron chi connectivity index (χ3n) is 4.51. The number of ether oxygens (including phenoxy) is 1. The highest BCUT2D eigenvalue weighted by atomic mass is 35.5. The van der Waals surface area contributed by atoms with Gasteiger partial charge in [-0.15, -0.1) is 0 Å². The van der Waals surface area contributed by atoms with E-state index < -0.39 is 23.9 Å². The van der Waals surface area contributed by atoms with Gasteiger partial charge in [0.05, 0.1) is 5.56 Å². The number of nitrogens with one attached hydrogen (secondary N) is 2. The molecule has 0 spiro atoms. The first kappa shape index (κ1) is 25.9. The van der Waals surface area contributed by atoms with Crippen LogP contribution in [-0.2, 0) is 22.7 Å². The number of aromatic nitrogens is 1. The van der Waals surface area contributed by atoms with E-state index in [1.54, 1.807) is 42.9 Å². The van der Waals surface area contributed by atoms with Crippen molar-refractivity contribution in [1.82, 2.24) is 10.6 Å². The lowest BCUT2D eigenvalue weighted by Crippen LogP contribution is -3.00. The number of pyridine rings is 1. The van der Waals surface area contributed by atoms with Gasteiger partial charge in [0, 0.05) is 18.2 Å². The standard InChI is InChI=1S/C22H28N4O4.ClH/c1-15(2)19(20(23)27)25-21(28)18-9-11-26(12-10-18)14-30-22(29)24-16(3)13-17-7-5-4-6-8-17;/h4-12,15-16,19H,13-14H2,1-3H3,(H3-,23,24,25,27,28,29);1H/t16-,19-;/m0./s1. The molecule has 4 N–H and O–H groups in total. The third kappa shape index (κ3) is 8.64. The van der Waals surface area contributed by atoms with Gasteiger partial charge in [0.1, 0.15) is 6.04 Å². The molecule has 2 aromatic rings. The van der Waals surface area contributed by atoms with Crippen molar-refractivity contribution in [2.75, 3.05) is 0 Å². The lowest BCUT2D eigenvalue weighted by Gasteiger charge is -2.18. The summed E-state index contributed by atoms with van der Waals surface area (Å²) in [4.78, 5) is 35.7. The van der Waals surface area contributed by atoms with Crippen LogP contribution >= 0.6 is 0 Å². The molecule has 2 atom stereocenters. The number of nitrogens with two attached hydrogens (primary N) is 1. The molecule has 3 amide bonds. The van der Waals surface area contributed by atoms with Gasteiger partial charge in [-0.25, -0.2) is 4.79 Å². The molecule has 0 aliphatic heterocycles. The maximum Gasteiger partial charge on any atom is 0.412 e. The molecule has 0 saturated heterocycles. The highest BCUT2D eigenvalue weighted by molar-refractivity contribution is 5.97. The van der Waals surface area contributed by atoms with Crippen LogP contribution < -0.4 is 33.3 Å². The molecule has 1 aromatic heterocycles. The summed E-state index contributed by atoms with van der Waals surface area (Å²) >= 11 is 0. The fourth-order valence-corrected chi connectivity index (χ4v) is 2.88. The number of carbonyl (C=O) groups is 3. The quantitative estimate of drug-likeness (QED) is 0.406. The molecule has 0 unspecified atom stereocenters. The Labute approximate surface area is 188 Å². The first-order valence-electron chi connectivity index (χ1n) is 9.82. The van der Waals surface area contributed by atoms with Crippen LogP contribution in [0.4, 0.5) is 4.79 Å². The number of nitrogens with zero attached hydrogens (tertiary/aromatic N) is 1. The van der Waals surface area contributed by atoms with Gasteiger partial charge in [0.25, 0.3) is 12.6 Å². The summed E-state index contributed by atoms with van der Waals surface area (Å²) in [6.45, 7) is 5.52. The molecule has 2 rings (SSSR count). The average molecular weight is 449 g/mol. The van der Waals surface area contributed by atoms with Crippen LogP contribution in [0.3, 0.4) is 0 Å². The van der Waals surface area contributed by atoms with Crippen molar-refractivity contribution < 1.29 is 36.1 Å². The minimum absolute atomic E-state index is 0. The van der Waals surface area contributed by atoms with Crippen molar-refractivity contribution in [3.8, 4) is 0 Å². The van der Waals surface area contributed by atoms with E-state index in [1.165, 1.54) is 0 Å². The van der Waals surface area contributed by atoms with Crippen LogP contribution in [0.1, 0.15) is 36.7 Å². The molecule has 0 aliphatic rings. The predicted molar refractivity (Wildman–Crippen MR) is 111 cm³/mol. The highest BCUT2D eigenvalue weighted by Gasteiger charge is 2.22. The summed E-state index contributed by atoms with van der Waals surface area (Å²) in [5.74, 6) is -1.09. The van der Waals surface area contributed by atoms with Crippen LogP contribution in [0.25, 0.3) is 0 Å². The van der Waals surface area contributed by atoms with Crippen LogP contribution in [0.2, 0.25) is 0 Å². The van der Waals surface area contributed by atoms with Crippen molar-refractivity contribution in [2.24, 2.45) is 11.7 Å².